The molecule has 1 aromatic heterocycles. The summed E-state index contributed by atoms with van der Waals surface area (Å²) in [7, 11) is 1.97. The fraction of sp³-hybridized carbons (Fsp3) is 0.737. The highest BCUT2D eigenvalue weighted by atomic mass is 16.5. The van der Waals surface area contributed by atoms with E-state index < -0.39 is 0 Å². The second kappa shape index (κ2) is 8.66. The molecule has 26 heavy (non-hydrogen) atoms. The lowest BCUT2D eigenvalue weighted by molar-refractivity contribution is -0.107. The third kappa shape index (κ3) is 4.63. The number of hydrogen-bond donors (Lipinski definition) is 2. The molecule has 0 amide bonds. The van der Waals surface area contributed by atoms with Gasteiger partial charge in [0.1, 0.15) is 12.4 Å². The molecule has 1 saturated heterocycles. The van der Waals surface area contributed by atoms with E-state index in [1.165, 1.54) is 32.1 Å². The molecule has 1 spiro atoms. The summed E-state index contributed by atoms with van der Waals surface area (Å²) in [6.45, 7) is 7.74. The third-order valence-electron chi connectivity index (χ3n) is 5.57. The summed E-state index contributed by atoms with van der Waals surface area (Å²) in [6, 6.07) is 0.388. The van der Waals surface area contributed by atoms with Crippen molar-refractivity contribution in [3.05, 3.63) is 24.3 Å². The van der Waals surface area contributed by atoms with E-state index in [-0.39, 0.29) is 5.60 Å². The first-order valence-corrected chi connectivity index (χ1v) is 9.76. The van der Waals surface area contributed by atoms with Crippen LogP contribution >= 0.6 is 0 Å². The summed E-state index contributed by atoms with van der Waals surface area (Å²) in [5.74, 6) is 2.56. The molecule has 1 aliphatic heterocycles. The number of nitrogens with zero attached hydrogens (tertiary/aromatic N) is 4. The molecule has 1 aromatic rings. The highest BCUT2D eigenvalue weighted by Crippen LogP contribution is 2.38. The molecule has 1 unspecified atom stereocenters. The minimum absolute atomic E-state index is 0.0818. The van der Waals surface area contributed by atoms with E-state index >= 15 is 0 Å². The largest absolute Gasteiger partial charge is 0.375 e. The standard InChI is InChI=1S/C19H32N6O/c1-4-11-20-18(21-14-17-24-23-15(2)25(17)3)22-16-8-12-26-19(13-16)9-6-5-7-10-19/h4,16H,1,5-14H2,2-3H3,(H2,20,21,22). The number of guanidine groups is 1. The molecule has 7 nitrogen and oxygen atoms in total. The van der Waals surface area contributed by atoms with Crippen molar-refractivity contribution in [2.75, 3.05) is 13.2 Å². The second-order valence-corrected chi connectivity index (χ2v) is 7.48. The van der Waals surface area contributed by atoms with Gasteiger partial charge in [-0.15, -0.1) is 16.8 Å². The number of aliphatic imine (C=N–C) groups is 1. The van der Waals surface area contributed by atoms with Gasteiger partial charge in [0.2, 0.25) is 0 Å². The van der Waals surface area contributed by atoms with Crippen LogP contribution in [0.15, 0.2) is 17.6 Å². The Kier molecular flexibility index (Phi) is 6.29. The summed E-state index contributed by atoms with van der Waals surface area (Å²) in [6.07, 6.45) is 10.2. The number of aromatic nitrogens is 3. The van der Waals surface area contributed by atoms with Gasteiger partial charge in [0, 0.05) is 26.2 Å². The first kappa shape index (κ1) is 18.9. The molecule has 2 aliphatic rings. The van der Waals surface area contributed by atoms with Crippen molar-refractivity contribution >= 4 is 5.96 Å². The predicted octanol–water partition coefficient (Wildman–Crippen LogP) is 2.23. The van der Waals surface area contributed by atoms with E-state index in [2.05, 4.69) is 27.4 Å². The van der Waals surface area contributed by atoms with Crippen LogP contribution in [0.3, 0.4) is 0 Å². The lowest BCUT2D eigenvalue weighted by atomic mass is 9.78. The maximum absolute atomic E-state index is 6.21. The lowest BCUT2D eigenvalue weighted by Crippen LogP contribution is -2.52. The molecular formula is C19H32N6O. The van der Waals surface area contributed by atoms with Gasteiger partial charge in [0.05, 0.1) is 5.60 Å². The van der Waals surface area contributed by atoms with Gasteiger partial charge in [-0.3, -0.25) is 0 Å². The van der Waals surface area contributed by atoms with Gasteiger partial charge >= 0.3 is 0 Å². The Morgan fingerprint density at radius 3 is 2.88 bits per heavy atom. The summed E-state index contributed by atoms with van der Waals surface area (Å²) in [5.41, 5.74) is 0.0818. The molecule has 2 N–H and O–H groups in total. The highest BCUT2D eigenvalue weighted by molar-refractivity contribution is 5.80. The fourth-order valence-corrected chi connectivity index (χ4v) is 3.95. The Labute approximate surface area is 156 Å². The summed E-state index contributed by atoms with van der Waals surface area (Å²) >= 11 is 0. The van der Waals surface area contributed by atoms with Crippen LogP contribution in [0.4, 0.5) is 0 Å². The first-order valence-electron chi connectivity index (χ1n) is 9.76. The zero-order valence-electron chi connectivity index (χ0n) is 16.1. The second-order valence-electron chi connectivity index (χ2n) is 7.48. The van der Waals surface area contributed by atoms with Crippen LogP contribution in [0, 0.1) is 6.92 Å². The predicted molar refractivity (Wildman–Crippen MR) is 103 cm³/mol. The molecule has 2 fully saturated rings. The number of rotatable bonds is 5. The maximum Gasteiger partial charge on any atom is 0.192 e. The molecule has 3 rings (SSSR count). The smallest absolute Gasteiger partial charge is 0.192 e. The van der Waals surface area contributed by atoms with Crippen LogP contribution in [0.5, 0.6) is 0 Å². The van der Waals surface area contributed by atoms with Gasteiger partial charge in [-0.05, 0) is 32.6 Å². The Morgan fingerprint density at radius 2 is 2.19 bits per heavy atom. The lowest BCUT2D eigenvalue weighted by Gasteiger charge is -2.44. The van der Waals surface area contributed by atoms with Crippen molar-refractivity contribution < 1.29 is 4.74 Å². The van der Waals surface area contributed by atoms with E-state index in [1.54, 1.807) is 0 Å². The van der Waals surface area contributed by atoms with Crippen molar-refractivity contribution in [2.45, 2.75) is 70.1 Å². The van der Waals surface area contributed by atoms with Gasteiger partial charge < -0.3 is 19.9 Å². The van der Waals surface area contributed by atoms with Gasteiger partial charge in [-0.2, -0.15) is 0 Å². The topological polar surface area (TPSA) is 76.4 Å². The molecule has 1 atom stereocenters. The number of aryl methyl sites for hydroxylation is 1. The Hall–Kier alpha value is -1.89. The Morgan fingerprint density at radius 1 is 1.38 bits per heavy atom. The molecule has 0 aromatic carbocycles. The van der Waals surface area contributed by atoms with Crippen molar-refractivity contribution in [3.63, 3.8) is 0 Å². The minimum atomic E-state index is 0.0818. The summed E-state index contributed by atoms with van der Waals surface area (Å²) in [5, 5.41) is 15.2. The summed E-state index contributed by atoms with van der Waals surface area (Å²) < 4.78 is 8.18. The van der Waals surface area contributed by atoms with Crippen LogP contribution in [-0.4, -0.2) is 45.5 Å². The van der Waals surface area contributed by atoms with E-state index in [4.69, 9.17) is 9.73 Å². The zero-order valence-corrected chi connectivity index (χ0v) is 16.1. The van der Waals surface area contributed by atoms with E-state index in [0.717, 1.165) is 37.1 Å². The van der Waals surface area contributed by atoms with E-state index in [0.29, 0.717) is 19.1 Å². The van der Waals surface area contributed by atoms with Crippen LogP contribution in [-0.2, 0) is 18.3 Å². The Balaban J connectivity index is 1.64. The fourth-order valence-electron chi connectivity index (χ4n) is 3.95. The highest BCUT2D eigenvalue weighted by Gasteiger charge is 2.38. The molecule has 7 heteroatoms. The molecule has 1 saturated carbocycles. The monoisotopic (exact) mass is 360 g/mol. The van der Waals surface area contributed by atoms with E-state index in [1.807, 2.05) is 24.6 Å². The van der Waals surface area contributed by atoms with Crippen molar-refractivity contribution in [3.8, 4) is 0 Å². The number of nitrogens with one attached hydrogen (secondary N) is 2. The molecule has 144 valence electrons. The average molecular weight is 361 g/mol. The van der Waals surface area contributed by atoms with Gasteiger partial charge in [-0.1, -0.05) is 25.3 Å². The number of ether oxygens (including phenoxy) is 1. The SMILES string of the molecule is C=CCNC(=NCc1nnc(C)n1C)NC1CCOC2(CCCCC2)C1. The molecule has 1 aliphatic carbocycles. The minimum Gasteiger partial charge on any atom is -0.375 e. The van der Waals surface area contributed by atoms with Gasteiger partial charge in [0.25, 0.3) is 0 Å². The average Bonchev–Trinajstić information content (AvgIpc) is 2.96. The Bertz CT molecular complexity index is 626. The molecule has 0 radical (unpaired) electrons. The van der Waals surface area contributed by atoms with Crippen LogP contribution in [0.25, 0.3) is 0 Å². The molecule has 0 bridgehead atoms. The van der Waals surface area contributed by atoms with Gasteiger partial charge in [0.15, 0.2) is 11.8 Å². The van der Waals surface area contributed by atoms with Crippen LogP contribution in [0.1, 0.15) is 56.6 Å². The quantitative estimate of drug-likeness (QED) is 0.478. The maximum atomic E-state index is 6.21. The zero-order chi connectivity index (χ0) is 18.4. The van der Waals surface area contributed by atoms with Crippen LogP contribution < -0.4 is 10.6 Å². The third-order valence-corrected chi connectivity index (χ3v) is 5.57. The summed E-state index contributed by atoms with van der Waals surface area (Å²) in [4.78, 5) is 4.72. The van der Waals surface area contributed by atoms with Crippen molar-refractivity contribution in [1.29, 1.82) is 0 Å². The van der Waals surface area contributed by atoms with Gasteiger partial charge in [-0.25, -0.2) is 4.99 Å². The molecular weight excluding hydrogens is 328 g/mol. The van der Waals surface area contributed by atoms with Crippen molar-refractivity contribution in [1.82, 2.24) is 25.4 Å². The molecule has 2 heterocycles. The normalized spacial score (nSPS) is 23.0. The first-order chi connectivity index (χ1) is 12.6. The van der Waals surface area contributed by atoms with Crippen LogP contribution in [0.2, 0.25) is 0 Å². The van der Waals surface area contributed by atoms with E-state index in [9.17, 15) is 0 Å². The van der Waals surface area contributed by atoms with Crippen molar-refractivity contribution in [2.24, 2.45) is 12.0 Å². The number of hydrogen-bond acceptors (Lipinski definition) is 4.